The van der Waals surface area contributed by atoms with Gasteiger partial charge in [0, 0.05) is 17.1 Å². The molecule has 0 N–H and O–H groups in total. The van der Waals surface area contributed by atoms with E-state index >= 15 is 0 Å². The third kappa shape index (κ3) is 9.27. The maximum absolute atomic E-state index is 2.35. The predicted octanol–water partition coefficient (Wildman–Crippen LogP) is 8.52. The molecule has 0 aliphatic heterocycles. The van der Waals surface area contributed by atoms with Crippen LogP contribution >= 0.6 is 0 Å². The van der Waals surface area contributed by atoms with Gasteiger partial charge in [-0.2, -0.15) is 22.8 Å². The van der Waals surface area contributed by atoms with Gasteiger partial charge in [0.15, 0.2) is 0 Å². The van der Waals surface area contributed by atoms with E-state index in [0.717, 1.165) is 0 Å². The SMILES string of the molecule is CCC[c-]1[cH-][cH-][c-](CCC)[c-]1CCC.CCCc1cc[c-](CCC)c1CCC.[Fe]. The van der Waals surface area contributed by atoms with Crippen molar-refractivity contribution in [3.8, 4) is 0 Å². The van der Waals surface area contributed by atoms with Gasteiger partial charge in [0.2, 0.25) is 0 Å². The van der Waals surface area contributed by atoms with Gasteiger partial charge in [-0.05, 0) is 0 Å². The molecular weight excluding hydrogens is 392 g/mol. The first-order valence-corrected chi connectivity index (χ1v) is 12.2. The number of rotatable bonds is 12. The fourth-order valence-corrected chi connectivity index (χ4v) is 4.37. The Labute approximate surface area is 193 Å². The molecule has 0 saturated carbocycles. The van der Waals surface area contributed by atoms with Crippen LogP contribution in [-0.2, 0) is 55.6 Å². The van der Waals surface area contributed by atoms with Crippen LogP contribution in [0.4, 0.5) is 0 Å². The molecule has 2 aromatic rings. The molecule has 0 atom stereocenters. The standard InChI is InChI=1S/2C14H23.Fe/c2*1-4-7-12-10-11-13(8-5-2)14(12)9-6-3;/h2*10-11H,4-9H2,1-3H3;/q-5;-1;. The van der Waals surface area contributed by atoms with Crippen molar-refractivity contribution in [1.29, 1.82) is 0 Å². The average Bonchev–Trinajstić information content (AvgIpc) is 3.23. The molecule has 0 aliphatic carbocycles. The molecule has 0 nitrogen and oxygen atoms in total. The van der Waals surface area contributed by atoms with Crippen LogP contribution in [0.5, 0.6) is 0 Å². The molecule has 0 aromatic heterocycles. The van der Waals surface area contributed by atoms with E-state index in [9.17, 15) is 0 Å². The second-order valence-electron chi connectivity index (χ2n) is 8.22. The van der Waals surface area contributed by atoms with Crippen molar-refractivity contribution < 1.29 is 17.1 Å². The van der Waals surface area contributed by atoms with Gasteiger partial charge in [-0.1, -0.05) is 99.3 Å². The topological polar surface area (TPSA) is 0 Å². The van der Waals surface area contributed by atoms with Crippen LogP contribution in [-0.4, -0.2) is 0 Å². The smallest absolute Gasteiger partial charge is 0 e. The summed E-state index contributed by atoms with van der Waals surface area (Å²) in [4.78, 5) is 0. The van der Waals surface area contributed by atoms with E-state index in [4.69, 9.17) is 0 Å². The summed E-state index contributed by atoms with van der Waals surface area (Å²) >= 11 is 0. The van der Waals surface area contributed by atoms with Crippen molar-refractivity contribution in [2.75, 3.05) is 0 Å². The zero-order chi connectivity index (χ0) is 20.8. The second-order valence-corrected chi connectivity index (χ2v) is 8.22. The van der Waals surface area contributed by atoms with Crippen LogP contribution < -0.4 is 0 Å². The zero-order valence-corrected chi connectivity index (χ0v) is 21.3. The Morgan fingerprint density at radius 3 is 1.62 bits per heavy atom. The van der Waals surface area contributed by atoms with Gasteiger partial charge in [0.05, 0.1) is 0 Å². The first-order valence-electron chi connectivity index (χ1n) is 12.2. The van der Waals surface area contributed by atoms with Gasteiger partial charge >= 0.3 is 0 Å². The fraction of sp³-hybridized carbons (Fsp3) is 0.643. The molecule has 0 fully saturated rings. The summed E-state index contributed by atoms with van der Waals surface area (Å²) in [5.74, 6) is 0. The van der Waals surface area contributed by atoms with E-state index in [1.165, 1.54) is 77.0 Å². The molecule has 0 spiro atoms. The summed E-state index contributed by atoms with van der Waals surface area (Å²) in [5, 5.41) is 0. The third-order valence-corrected chi connectivity index (χ3v) is 5.60. The van der Waals surface area contributed by atoms with Crippen LogP contribution in [0.2, 0.25) is 0 Å². The molecule has 0 heterocycles. The molecule has 0 bridgehead atoms. The van der Waals surface area contributed by atoms with Crippen molar-refractivity contribution in [1.82, 2.24) is 0 Å². The second kappa shape index (κ2) is 17.0. The molecule has 0 saturated heterocycles. The quantitative estimate of drug-likeness (QED) is 0.230. The molecule has 0 radical (unpaired) electrons. The maximum atomic E-state index is 2.35. The summed E-state index contributed by atoms with van der Waals surface area (Å²) in [6.45, 7) is 13.6. The largest absolute Gasteiger partial charge is 0.745 e. The molecular formula is C28H46Fe-6. The average molecular weight is 439 g/mol. The van der Waals surface area contributed by atoms with E-state index in [1.54, 1.807) is 33.4 Å². The first-order chi connectivity index (χ1) is 13.7. The van der Waals surface area contributed by atoms with Crippen LogP contribution in [0.3, 0.4) is 0 Å². The summed E-state index contributed by atoms with van der Waals surface area (Å²) in [6.07, 6.45) is 15.2. The third-order valence-electron chi connectivity index (χ3n) is 5.60. The molecule has 172 valence electrons. The Morgan fingerprint density at radius 1 is 0.655 bits per heavy atom. The summed E-state index contributed by atoms with van der Waals surface area (Å²) in [5.41, 5.74) is 9.76. The van der Waals surface area contributed by atoms with Crippen molar-refractivity contribution >= 4 is 0 Å². The predicted molar refractivity (Wildman–Crippen MR) is 128 cm³/mol. The number of hydrogen-bond donors (Lipinski definition) is 0. The van der Waals surface area contributed by atoms with Crippen molar-refractivity contribution in [2.24, 2.45) is 0 Å². The Balaban J connectivity index is 0.000000523. The summed E-state index contributed by atoms with van der Waals surface area (Å²) in [6, 6.07) is 9.39. The molecule has 2 rings (SSSR count). The van der Waals surface area contributed by atoms with Crippen LogP contribution in [0.25, 0.3) is 0 Å². The van der Waals surface area contributed by atoms with Gasteiger partial charge in [-0.25, -0.2) is 25.3 Å². The minimum absolute atomic E-state index is 0. The first kappa shape index (κ1) is 28.2. The summed E-state index contributed by atoms with van der Waals surface area (Å²) < 4.78 is 0. The van der Waals surface area contributed by atoms with E-state index in [1.807, 2.05) is 0 Å². The van der Waals surface area contributed by atoms with Crippen molar-refractivity contribution in [3.63, 3.8) is 0 Å². The van der Waals surface area contributed by atoms with Gasteiger partial charge in [0.1, 0.15) is 0 Å². The van der Waals surface area contributed by atoms with Crippen LogP contribution in [0.1, 0.15) is 113 Å². The normalized spacial score (nSPS) is 10.4. The van der Waals surface area contributed by atoms with Gasteiger partial charge < -0.3 is 28.8 Å². The van der Waals surface area contributed by atoms with Crippen molar-refractivity contribution in [3.05, 3.63) is 57.6 Å². The van der Waals surface area contributed by atoms with E-state index in [2.05, 4.69) is 65.8 Å². The van der Waals surface area contributed by atoms with E-state index < -0.39 is 0 Å². The van der Waals surface area contributed by atoms with Gasteiger partial charge in [0.25, 0.3) is 0 Å². The number of aryl methyl sites for hydroxylation is 4. The van der Waals surface area contributed by atoms with Gasteiger partial charge in [-0.3, -0.25) is 0 Å². The van der Waals surface area contributed by atoms with E-state index in [-0.39, 0.29) is 17.1 Å². The zero-order valence-electron chi connectivity index (χ0n) is 20.1. The van der Waals surface area contributed by atoms with Crippen LogP contribution in [0, 0.1) is 0 Å². The summed E-state index contributed by atoms with van der Waals surface area (Å²) in [7, 11) is 0. The molecule has 0 unspecified atom stereocenters. The molecule has 0 amide bonds. The van der Waals surface area contributed by atoms with Crippen LogP contribution in [0.15, 0.2) is 24.3 Å². The minimum Gasteiger partial charge on any atom is -0.745 e. The molecule has 2 aromatic carbocycles. The van der Waals surface area contributed by atoms with Crippen molar-refractivity contribution in [2.45, 2.75) is 119 Å². The number of hydrogen-bond acceptors (Lipinski definition) is 0. The Bertz CT molecular complexity index is 526. The molecule has 29 heavy (non-hydrogen) atoms. The van der Waals surface area contributed by atoms with Gasteiger partial charge in [-0.15, -0.1) is 0 Å². The Hall–Kier alpha value is -0.781. The Morgan fingerprint density at radius 2 is 1.17 bits per heavy atom. The monoisotopic (exact) mass is 438 g/mol. The maximum Gasteiger partial charge on any atom is 0 e. The van der Waals surface area contributed by atoms with E-state index in [0.29, 0.717) is 0 Å². The molecule has 1 heteroatoms. The Kier molecular flexibility index (Phi) is 16.5. The fourth-order valence-electron chi connectivity index (χ4n) is 4.37. The minimum atomic E-state index is 0. The molecule has 0 aliphatic rings.